The first kappa shape index (κ1) is 16.1. The van der Waals surface area contributed by atoms with E-state index in [0.717, 1.165) is 23.3 Å². The van der Waals surface area contributed by atoms with Crippen LogP contribution in [0.5, 0.6) is 0 Å². The van der Waals surface area contributed by atoms with E-state index < -0.39 is 0 Å². The van der Waals surface area contributed by atoms with E-state index >= 15 is 0 Å². The molecule has 0 aliphatic carbocycles. The SMILES string of the molecule is CCC(C)NC(=O)CCn1c(CCl)nc2ccc(Cl)cc21. The average molecular weight is 328 g/mol. The number of carbonyl (C=O) groups is 1. The molecule has 0 saturated heterocycles. The molecule has 4 nitrogen and oxygen atoms in total. The topological polar surface area (TPSA) is 46.9 Å². The number of rotatable bonds is 6. The predicted octanol–water partition coefficient (Wildman–Crippen LogP) is 3.73. The Morgan fingerprint density at radius 1 is 1.48 bits per heavy atom. The van der Waals surface area contributed by atoms with Gasteiger partial charge in [-0.05, 0) is 31.5 Å². The summed E-state index contributed by atoms with van der Waals surface area (Å²) in [6.07, 6.45) is 1.31. The van der Waals surface area contributed by atoms with Crippen LogP contribution in [-0.2, 0) is 17.2 Å². The number of aromatic nitrogens is 2. The summed E-state index contributed by atoms with van der Waals surface area (Å²) >= 11 is 12.0. The Bertz CT molecular complexity index is 639. The van der Waals surface area contributed by atoms with Crippen LogP contribution < -0.4 is 5.32 Å². The van der Waals surface area contributed by atoms with Gasteiger partial charge in [0.15, 0.2) is 0 Å². The van der Waals surface area contributed by atoms with E-state index in [1.54, 1.807) is 6.07 Å². The number of hydrogen-bond acceptors (Lipinski definition) is 2. The number of imidazole rings is 1. The van der Waals surface area contributed by atoms with Gasteiger partial charge in [0.05, 0.1) is 16.9 Å². The monoisotopic (exact) mass is 327 g/mol. The van der Waals surface area contributed by atoms with Crippen molar-refractivity contribution in [1.82, 2.24) is 14.9 Å². The number of benzene rings is 1. The molecule has 1 aromatic carbocycles. The lowest BCUT2D eigenvalue weighted by Crippen LogP contribution is -2.32. The first-order valence-corrected chi connectivity index (χ1v) is 7.96. The number of aryl methyl sites for hydroxylation is 1. The zero-order valence-corrected chi connectivity index (χ0v) is 13.7. The number of alkyl halides is 1. The van der Waals surface area contributed by atoms with E-state index in [4.69, 9.17) is 23.2 Å². The second-order valence-electron chi connectivity index (χ2n) is 5.07. The zero-order chi connectivity index (χ0) is 15.4. The Morgan fingerprint density at radius 3 is 2.90 bits per heavy atom. The summed E-state index contributed by atoms with van der Waals surface area (Å²) in [5.74, 6) is 1.10. The molecule has 0 spiro atoms. The van der Waals surface area contributed by atoms with Crippen molar-refractivity contribution < 1.29 is 4.79 Å². The van der Waals surface area contributed by atoms with Gasteiger partial charge in [0.25, 0.3) is 0 Å². The summed E-state index contributed by atoms with van der Waals surface area (Å²) < 4.78 is 1.96. The Kier molecular flexibility index (Phi) is 5.48. The number of amides is 1. The molecule has 1 unspecified atom stereocenters. The lowest BCUT2D eigenvalue weighted by Gasteiger charge is -2.12. The van der Waals surface area contributed by atoms with Crippen LogP contribution in [0.15, 0.2) is 18.2 Å². The highest BCUT2D eigenvalue weighted by molar-refractivity contribution is 6.31. The Balaban J connectivity index is 2.17. The molecule has 1 atom stereocenters. The number of carbonyl (C=O) groups excluding carboxylic acids is 1. The number of halogens is 2. The summed E-state index contributed by atoms with van der Waals surface area (Å²) in [6, 6.07) is 5.71. The fraction of sp³-hybridized carbons (Fsp3) is 0.467. The van der Waals surface area contributed by atoms with Gasteiger partial charge >= 0.3 is 0 Å². The molecular formula is C15H19Cl2N3O. The minimum atomic E-state index is 0.0359. The van der Waals surface area contributed by atoms with Gasteiger partial charge in [0, 0.05) is 24.0 Å². The van der Waals surface area contributed by atoms with Crippen LogP contribution >= 0.6 is 23.2 Å². The molecule has 114 valence electrons. The second-order valence-corrected chi connectivity index (χ2v) is 5.78. The Hall–Kier alpha value is -1.26. The van der Waals surface area contributed by atoms with Crippen LogP contribution in [0.3, 0.4) is 0 Å². The molecular weight excluding hydrogens is 309 g/mol. The van der Waals surface area contributed by atoms with Crippen molar-refractivity contribution >= 4 is 40.1 Å². The highest BCUT2D eigenvalue weighted by Crippen LogP contribution is 2.22. The number of nitrogens with one attached hydrogen (secondary N) is 1. The number of nitrogens with zero attached hydrogens (tertiary/aromatic N) is 2. The predicted molar refractivity (Wildman–Crippen MR) is 86.8 cm³/mol. The van der Waals surface area contributed by atoms with Crippen LogP contribution in [0.25, 0.3) is 11.0 Å². The third-order valence-corrected chi connectivity index (χ3v) is 3.97. The molecule has 0 fully saturated rings. The molecule has 0 aliphatic rings. The van der Waals surface area contributed by atoms with Crippen molar-refractivity contribution in [3.63, 3.8) is 0 Å². The summed E-state index contributed by atoms with van der Waals surface area (Å²) in [5.41, 5.74) is 1.76. The number of fused-ring (bicyclic) bond motifs is 1. The maximum Gasteiger partial charge on any atom is 0.221 e. The van der Waals surface area contributed by atoms with E-state index in [-0.39, 0.29) is 11.9 Å². The van der Waals surface area contributed by atoms with E-state index in [2.05, 4.69) is 10.3 Å². The number of hydrogen-bond donors (Lipinski definition) is 1. The highest BCUT2D eigenvalue weighted by atomic mass is 35.5. The third kappa shape index (κ3) is 3.89. The van der Waals surface area contributed by atoms with Crippen molar-refractivity contribution in [2.45, 2.75) is 45.2 Å². The molecule has 1 amide bonds. The lowest BCUT2D eigenvalue weighted by atomic mass is 10.2. The van der Waals surface area contributed by atoms with E-state index in [9.17, 15) is 4.79 Å². The first-order valence-electron chi connectivity index (χ1n) is 7.05. The standard InChI is InChI=1S/C15H19Cl2N3O/c1-3-10(2)18-15(21)6-7-20-13-8-11(17)4-5-12(13)19-14(20)9-16/h4-5,8,10H,3,6-7,9H2,1-2H3,(H,18,21). The fourth-order valence-corrected chi connectivity index (χ4v) is 2.53. The van der Waals surface area contributed by atoms with Crippen molar-refractivity contribution in [2.75, 3.05) is 0 Å². The van der Waals surface area contributed by atoms with Gasteiger partial charge in [-0.3, -0.25) is 4.79 Å². The highest BCUT2D eigenvalue weighted by Gasteiger charge is 2.12. The molecule has 0 aliphatic heterocycles. The van der Waals surface area contributed by atoms with Crippen LogP contribution in [-0.4, -0.2) is 21.5 Å². The summed E-state index contributed by atoms with van der Waals surface area (Å²) in [5, 5.41) is 3.60. The molecule has 1 aromatic heterocycles. The molecule has 1 heterocycles. The minimum absolute atomic E-state index is 0.0359. The lowest BCUT2D eigenvalue weighted by molar-refractivity contribution is -0.121. The molecule has 2 aromatic rings. The maximum atomic E-state index is 11.9. The third-order valence-electron chi connectivity index (χ3n) is 3.49. The van der Waals surface area contributed by atoms with Crippen LogP contribution in [0.4, 0.5) is 0 Å². The van der Waals surface area contributed by atoms with Crippen LogP contribution in [0.2, 0.25) is 5.02 Å². The average Bonchev–Trinajstić information content (AvgIpc) is 2.81. The van der Waals surface area contributed by atoms with Crippen molar-refractivity contribution in [1.29, 1.82) is 0 Å². The summed E-state index contributed by atoms with van der Waals surface area (Å²) in [7, 11) is 0. The molecule has 1 N–H and O–H groups in total. The largest absolute Gasteiger partial charge is 0.354 e. The van der Waals surface area contributed by atoms with Gasteiger partial charge in [0.2, 0.25) is 5.91 Å². The molecule has 21 heavy (non-hydrogen) atoms. The summed E-state index contributed by atoms with van der Waals surface area (Å²) in [4.78, 5) is 16.4. The van der Waals surface area contributed by atoms with Gasteiger partial charge in [-0.25, -0.2) is 4.98 Å². The van der Waals surface area contributed by atoms with Gasteiger partial charge in [-0.2, -0.15) is 0 Å². The minimum Gasteiger partial charge on any atom is -0.354 e. The summed E-state index contributed by atoms with van der Waals surface area (Å²) in [6.45, 7) is 4.58. The van der Waals surface area contributed by atoms with Crippen molar-refractivity contribution in [3.8, 4) is 0 Å². The second kappa shape index (κ2) is 7.14. The van der Waals surface area contributed by atoms with Crippen molar-refractivity contribution in [2.24, 2.45) is 0 Å². The Morgan fingerprint density at radius 2 is 2.24 bits per heavy atom. The molecule has 0 bridgehead atoms. The van der Waals surface area contributed by atoms with Gasteiger partial charge < -0.3 is 9.88 Å². The normalized spacial score (nSPS) is 12.6. The van der Waals surface area contributed by atoms with Crippen LogP contribution in [0, 0.1) is 0 Å². The maximum absolute atomic E-state index is 11.9. The first-order chi connectivity index (χ1) is 10.0. The fourth-order valence-electron chi connectivity index (χ4n) is 2.16. The zero-order valence-electron chi connectivity index (χ0n) is 12.2. The van der Waals surface area contributed by atoms with Gasteiger partial charge in [-0.15, -0.1) is 11.6 Å². The molecule has 0 radical (unpaired) electrons. The quantitative estimate of drug-likeness (QED) is 0.821. The Labute approximate surface area is 134 Å². The van der Waals surface area contributed by atoms with Crippen LogP contribution in [0.1, 0.15) is 32.5 Å². The smallest absolute Gasteiger partial charge is 0.221 e. The van der Waals surface area contributed by atoms with Crippen molar-refractivity contribution in [3.05, 3.63) is 29.0 Å². The van der Waals surface area contributed by atoms with Gasteiger partial charge in [-0.1, -0.05) is 18.5 Å². The van der Waals surface area contributed by atoms with E-state index in [1.165, 1.54) is 0 Å². The molecule has 0 saturated carbocycles. The molecule has 6 heteroatoms. The van der Waals surface area contributed by atoms with Gasteiger partial charge in [0.1, 0.15) is 5.82 Å². The van der Waals surface area contributed by atoms with E-state index in [0.29, 0.717) is 23.9 Å². The molecule has 2 rings (SSSR count). The van der Waals surface area contributed by atoms with E-state index in [1.807, 2.05) is 30.5 Å².